The zero-order chi connectivity index (χ0) is 14.8. The van der Waals surface area contributed by atoms with Crippen molar-refractivity contribution in [3.63, 3.8) is 0 Å². The molecule has 0 radical (unpaired) electrons. The van der Waals surface area contributed by atoms with Gasteiger partial charge in [0.15, 0.2) is 0 Å². The summed E-state index contributed by atoms with van der Waals surface area (Å²) in [6.07, 6.45) is -3.56. The summed E-state index contributed by atoms with van der Waals surface area (Å²) in [6.45, 7) is 2.01. The van der Waals surface area contributed by atoms with Gasteiger partial charge in [-0.3, -0.25) is 0 Å². The minimum absolute atomic E-state index is 0.0401. The van der Waals surface area contributed by atoms with Crippen LogP contribution in [0.3, 0.4) is 0 Å². The van der Waals surface area contributed by atoms with E-state index in [2.05, 4.69) is 0 Å². The van der Waals surface area contributed by atoms with Crippen LogP contribution in [-0.2, 0) is 12.6 Å². The summed E-state index contributed by atoms with van der Waals surface area (Å²) < 4.78 is 43.1. The maximum Gasteiger partial charge on any atom is 0.416 e. The van der Waals surface area contributed by atoms with Crippen LogP contribution in [0.25, 0.3) is 0 Å². The molecule has 0 heterocycles. The van der Waals surface area contributed by atoms with Crippen LogP contribution >= 0.6 is 0 Å². The van der Waals surface area contributed by atoms with Gasteiger partial charge >= 0.3 is 6.18 Å². The number of alkyl halides is 3. The molecule has 5 heteroatoms. The van der Waals surface area contributed by atoms with Crippen molar-refractivity contribution in [1.29, 1.82) is 0 Å². The number of hydrogen-bond acceptors (Lipinski definition) is 2. The van der Waals surface area contributed by atoms with Gasteiger partial charge in [0.2, 0.25) is 0 Å². The first-order valence-corrected chi connectivity index (χ1v) is 6.13. The molecule has 20 heavy (non-hydrogen) atoms. The quantitative estimate of drug-likeness (QED) is 0.832. The molecule has 0 aromatic heterocycles. The van der Waals surface area contributed by atoms with Crippen LogP contribution in [0.15, 0.2) is 42.5 Å². The van der Waals surface area contributed by atoms with Crippen molar-refractivity contribution in [3.05, 3.63) is 53.6 Å². The van der Waals surface area contributed by atoms with E-state index in [1.54, 1.807) is 6.07 Å². The predicted molar refractivity (Wildman–Crippen MR) is 71.8 cm³/mol. The Kier molecular flexibility index (Phi) is 3.88. The molecule has 0 saturated heterocycles. The standard InChI is InChI=1S/C15H14F3NO/c1-2-10-4-3-5-12(8-10)20-14-7-6-11(9-13(14)19)15(16,17)18/h3-9H,2,19H2,1H3. The summed E-state index contributed by atoms with van der Waals surface area (Å²) in [5.74, 6) is 0.766. The van der Waals surface area contributed by atoms with Crippen molar-refractivity contribution >= 4 is 5.69 Å². The summed E-state index contributed by atoms with van der Waals surface area (Å²) in [5.41, 5.74) is 5.86. The molecular formula is C15H14F3NO. The molecule has 0 aliphatic carbocycles. The van der Waals surface area contributed by atoms with Gasteiger partial charge in [0.1, 0.15) is 11.5 Å². The molecule has 0 amide bonds. The van der Waals surface area contributed by atoms with E-state index in [1.807, 2.05) is 25.1 Å². The van der Waals surface area contributed by atoms with E-state index >= 15 is 0 Å². The fourth-order valence-corrected chi connectivity index (χ4v) is 1.77. The topological polar surface area (TPSA) is 35.2 Å². The first kappa shape index (κ1) is 14.2. The Bertz CT molecular complexity index is 608. The fourth-order valence-electron chi connectivity index (χ4n) is 1.77. The lowest BCUT2D eigenvalue weighted by Gasteiger charge is -2.12. The summed E-state index contributed by atoms with van der Waals surface area (Å²) in [4.78, 5) is 0. The number of benzene rings is 2. The molecule has 2 N–H and O–H groups in total. The van der Waals surface area contributed by atoms with Gasteiger partial charge in [-0.2, -0.15) is 13.2 Å². The molecule has 2 nitrogen and oxygen atoms in total. The van der Waals surface area contributed by atoms with Crippen LogP contribution in [0.2, 0.25) is 0 Å². The van der Waals surface area contributed by atoms with Crippen LogP contribution < -0.4 is 10.5 Å². The number of anilines is 1. The van der Waals surface area contributed by atoms with Gasteiger partial charge in [0.05, 0.1) is 11.3 Å². The first-order valence-electron chi connectivity index (χ1n) is 6.13. The second kappa shape index (κ2) is 5.45. The zero-order valence-electron chi connectivity index (χ0n) is 10.9. The van der Waals surface area contributed by atoms with Gasteiger partial charge < -0.3 is 10.5 Å². The lowest BCUT2D eigenvalue weighted by atomic mass is 10.1. The fraction of sp³-hybridized carbons (Fsp3) is 0.200. The first-order chi connectivity index (χ1) is 9.40. The minimum Gasteiger partial charge on any atom is -0.455 e. The van der Waals surface area contributed by atoms with Crippen LogP contribution in [0.1, 0.15) is 18.1 Å². The molecule has 2 aromatic carbocycles. The molecule has 0 fully saturated rings. The van der Waals surface area contributed by atoms with Crippen LogP contribution in [0.4, 0.5) is 18.9 Å². The minimum atomic E-state index is -4.41. The van der Waals surface area contributed by atoms with Gasteiger partial charge in [-0.15, -0.1) is 0 Å². The zero-order valence-corrected chi connectivity index (χ0v) is 10.9. The smallest absolute Gasteiger partial charge is 0.416 e. The lowest BCUT2D eigenvalue weighted by molar-refractivity contribution is -0.137. The Hall–Kier alpha value is -2.17. The third-order valence-corrected chi connectivity index (χ3v) is 2.87. The van der Waals surface area contributed by atoms with Crippen LogP contribution in [0.5, 0.6) is 11.5 Å². The predicted octanol–water partition coefficient (Wildman–Crippen LogP) is 4.64. The molecule has 0 atom stereocenters. The SMILES string of the molecule is CCc1cccc(Oc2ccc(C(F)(F)F)cc2N)c1. The number of aryl methyl sites for hydroxylation is 1. The van der Waals surface area contributed by atoms with E-state index in [-0.39, 0.29) is 11.4 Å². The van der Waals surface area contributed by atoms with E-state index in [4.69, 9.17) is 10.5 Å². The largest absolute Gasteiger partial charge is 0.455 e. The Morgan fingerprint density at radius 2 is 1.85 bits per heavy atom. The Morgan fingerprint density at radius 1 is 1.10 bits per heavy atom. The molecule has 106 valence electrons. The van der Waals surface area contributed by atoms with E-state index < -0.39 is 11.7 Å². The summed E-state index contributed by atoms with van der Waals surface area (Å²) >= 11 is 0. The number of nitrogen functional groups attached to an aromatic ring is 1. The van der Waals surface area contributed by atoms with Gasteiger partial charge in [0, 0.05) is 0 Å². The lowest BCUT2D eigenvalue weighted by Crippen LogP contribution is -2.06. The third kappa shape index (κ3) is 3.23. The maximum atomic E-state index is 12.5. The Morgan fingerprint density at radius 3 is 2.45 bits per heavy atom. The normalized spacial score (nSPS) is 11.4. The molecule has 0 aliphatic rings. The number of hydrogen-bond donors (Lipinski definition) is 1. The van der Waals surface area contributed by atoms with E-state index in [1.165, 1.54) is 6.07 Å². The van der Waals surface area contributed by atoms with Gasteiger partial charge in [0.25, 0.3) is 0 Å². The monoisotopic (exact) mass is 281 g/mol. The molecule has 0 spiro atoms. The van der Waals surface area contributed by atoms with Crippen molar-refractivity contribution < 1.29 is 17.9 Å². The van der Waals surface area contributed by atoms with Crippen molar-refractivity contribution in [2.45, 2.75) is 19.5 Å². The Balaban J connectivity index is 2.25. The highest BCUT2D eigenvalue weighted by Gasteiger charge is 2.30. The molecule has 2 rings (SSSR count). The van der Waals surface area contributed by atoms with E-state index in [0.29, 0.717) is 5.75 Å². The highest BCUT2D eigenvalue weighted by molar-refractivity contribution is 5.56. The highest BCUT2D eigenvalue weighted by Crippen LogP contribution is 2.35. The second-order valence-corrected chi connectivity index (χ2v) is 4.35. The highest BCUT2D eigenvalue weighted by atomic mass is 19.4. The second-order valence-electron chi connectivity index (χ2n) is 4.35. The molecule has 2 aromatic rings. The number of halogens is 3. The number of rotatable bonds is 3. The van der Waals surface area contributed by atoms with Gasteiger partial charge in [-0.1, -0.05) is 19.1 Å². The Labute approximate surface area is 115 Å². The average Bonchev–Trinajstić information content (AvgIpc) is 2.40. The summed E-state index contributed by atoms with van der Waals surface area (Å²) in [6, 6.07) is 10.4. The molecule has 0 aliphatic heterocycles. The number of nitrogens with two attached hydrogens (primary N) is 1. The average molecular weight is 281 g/mol. The summed E-state index contributed by atoms with van der Waals surface area (Å²) in [7, 11) is 0. The molecule has 0 bridgehead atoms. The third-order valence-electron chi connectivity index (χ3n) is 2.87. The van der Waals surface area contributed by atoms with Crippen molar-refractivity contribution in [2.75, 3.05) is 5.73 Å². The van der Waals surface area contributed by atoms with Gasteiger partial charge in [-0.25, -0.2) is 0 Å². The van der Waals surface area contributed by atoms with E-state index in [9.17, 15) is 13.2 Å². The molecule has 0 unspecified atom stereocenters. The molecular weight excluding hydrogens is 267 g/mol. The van der Waals surface area contributed by atoms with Crippen molar-refractivity contribution in [2.24, 2.45) is 0 Å². The van der Waals surface area contributed by atoms with Crippen molar-refractivity contribution in [1.82, 2.24) is 0 Å². The summed E-state index contributed by atoms with van der Waals surface area (Å²) in [5, 5.41) is 0. The van der Waals surface area contributed by atoms with Crippen molar-refractivity contribution in [3.8, 4) is 11.5 Å². The van der Waals surface area contributed by atoms with E-state index in [0.717, 1.165) is 24.1 Å². The van der Waals surface area contributed by atoms with Gasteiger partial charge in [-0.05, 0) is 42.3 Å². The number of ether oxygens (including phenoxy) is 1. The van der Waals surface area contributed by atoms with Crippen LogP contribution in [0, 0.1) is 0 Å². The van der Waals surface area contributed by atoms with Crippen LogP contribution in [-0.4, -0.2) is 0 Å². The molecule has 0 saturated carbocycles. The maximum absolute atomic E-state index is 12.5.